The highest BCUT2D eigenvalue weighted by atomic mass is 35.5. The first kappa shape index (κ1) is 18.5. The van der Waals surface area contributed by atoms with Gasteiger partial charge in [0.15, 0.2) is 0 Å². The molecule has 0 saturated heterocycles. The van der Waals surface area contributed by atoms with Crippen LogP contribution in [-0.4, -0.2) is 24.5 Å². The first-order chi connectivity index (χ1) is 10.3. The Morgan fingerprint density at radius 3 is 2.76 bits per heavy atom. The number of likely N-dealkylation sites (N-methyl/N-ethyl adjacent to an activating group) is 1. The van der Waals surface area contributed by atoms with E-state index in [0.717, 1.165) is 24.5 Å². The lowest BCUT2D eigenvalue weighted by molar-refractivity contribution is 0.307. The van der Waals surface area contributed by atoms with Crippen molar-refractivity contribution >= 4 is 11.6 Å². The minimum absolute atomic E-state index is 0.705. The zero-order valence-corrected chi connectivity index (χ0v) is 14.6. The third-order valence-corrected chi connectivity index (χ3v) is 4.42. The summed E-state index contributed by atoms with van der Waals surface area (Å²) in [5.41, 5.74) is 0. The van der Waals surface area contributed by atoms with Gasteiger partial charge in [0.25, 0.3) is 0 Å². The zero-order valence-electron chi connectivity index (χ0n) is 13.9. The predicted molar refractivity (Wildman–Crippen MR) is 95.8 cm³/mol. The van der Waals surface area contributed by atoms with Crippen LogP contribution in [0.1, 0.15) is 58.8 Å². The summed E-state index contributed by atoms with van der Waals surface area (Å²) in [7, 11) is 0. The monoisotopic (exact) mass is 309 g/mol. The highest BCUT2D eigenvalue weighted by Gasteiger charge is 2.08. The van der Waals surface area contributed by atoms with Gasteiger partial charge in [-0.05, 0) is 50.8 Å². The molecule has 0 aromatic heterocycles. The molecular weight excluding hydrogens is 278 g/mol. The average Bonchev–Trinajstić information content (AvgIpc) is 2.51. The molecular formula is C19H32ClN. The molecule has 0 aromatic rings. The number of allylic oxidation sites excluding steroid dienone is 5. The number of unbranched alkanes of at least 4 members (excludes halogenated alkanes) is 3. The number of rotatable bonds is 11. The molecule has 0 N–H and O–H groups in total. The Morgan fingerprint density at radius 2 is 2.10 bits per heavy atom. The van der Waals surface area contributed by atoms with Crippen LogP contribution in [0.5, 0.6) is 0 Å². The second kappa shape index (κ2) is 12.1. The fourth-order valence-electron chi connectivity index (χ4n) is 2.64. The summed E-state index contributed by atoms with van der Waals surface area (Å²) in [5.74, 6) is 0.705. The van der Waals surface area contributed by atoms with E-state index >= 15 is 0 Å². The van der Waals surface area contributed by atoms with Crippen molar-refractivity contribution in [3.05, 3.63) is 35.4 Å². The smallest absolute Gasteiger partial charge is 0.0363 e. The van der Waals surface area contributed by atoms with Gasteiger partial charge in [-0.15, -0.1) is 0 Å². The molecule has 1 rings (SSSR count). The van der Waals surface area contributed by atoms with Crippen molar-refractivity contribution < 1.29 is 0 Å². The van der Waals surface area contributed by atoms with Crippen LogP contribution >= 0.6 is 11.6 Å². The van der Waals surface area contributed by atoms with Crippen molar-refractivity contribution in [2.45, 2.75) is 58.8 Å². The van der Waals surface area contributed by atoms with Gasteiger partial charge in [-0.3, -0.25) is 4.90 Å². The van der Waals surface area contributed by atoms with Crippen LogP contribution < -0.4 is 0 Å². The van der Waals surface area contributed by atoms with Gasteiger partial charge in [-0.2, -0.15) is 0 Å². The van der Waals surface area contributed by atoms with Gasteiger partial charge in [0.05, 0.1) is 0 Å². The number of nitrogens with zero attached hydrogens (tertiary/aromatic N) is 1. The largest absolute Gasteiger partial charge is 0.300 e. The topological polar surface area (TPSA) is 3.24 Å². The molecule has 0 heterocycles. The molecule has 0 saturated carbocycles. The van der Waals surface area contributed by atoms with Gasteiger partial charge in [0.1, 0.15) is 0 Å². The molecule has 0 spiro atoms. The number of hydrogen-bond acceptors (Lipinski definition) is 1. The molecule has 0 radical (unpaired) electrons. The second-order valence-corrected chi connectivity index (χ2v) is 6.38. The molecule has 1 aliphatic rings. The van der Waals surface area contributed by atoms with Crippen LogP contribution in [-0.2, 0) is 0 Å². The van der Waals surface area contributed by atoms with Crippen LogP contribution in [0.4, 0.5) is 0 Å². The fraction of sp³-hybridized carbons (Fsp3) is 0.684. The van der Waals surface area contributed by atoms with Crippen LogP contribution in [0.2, 0.25) is 0 Å². The Bertz CT molecular complexity index is 343. The van der Waals surface area contributed by atoms with E-state index in [9.17, 15) is 0 Å². The Balaban J connectivity index is 2.06. The average molecular weight is 310 g/mol. The molecule has 1 nitrogen and oxygen atoms in total. The molecule has 2 heteroatoms. The lowest BCUT2D eigenvalue weighted by Crippen LogP contribution is -2.24. The normalized spacial score (nSPS) is 18.7. The second-order valence-electron chi connectivity index (χ2n) is 5.95. The third-order valence-electron chi connectivity index (χ3n) is 4.14. The number of hydrogen-bond donors (Lipinski definition) is 0. The summed E-state index contributed by atoms with van der Waals surface area (Å²) in [4.78, 5) is 2.54. The van der Waals surface area contributed by atoms with Crippen molar-refractivity contribution in [3.63, 3.8) is 0 Å². The Kier molecular flexibility index (Phi) is 10.6. The molecule has 0 bridgehead atoms. The van der Waals surface area contributed by atoms with Crippen molar-refractivity contribution in [3.8, 4) is 0 Å². The predicted octanol–water partition coefficient (Wildman–Crippen LogP) is 5.92. The summed E-state index contributed by atoms with van der Waals surface area (Å²) in [5, 5.41) is 0.901. The molecule has 21 heavy (non-hydrogen) atoms. The lowest BCUT2D eigenvalue weighted by Gasteiger charge is -2.19. The SMILES string of the molecule is CCCC/C=C/CN(CC)CCCCC1C=CC(Cl)=CC1. The van der Waals surface area contributed by atoms with Gasteiger partial charge in [0.2, 0.25) is 0 Å². The van der Waals surface area contributed by atoms with Crippen molar-refractivity contribution in [1.29, 1.82) is 0 Å². The Labute approximate surface area is 136 Å². The van der Waals surface area contributed by atoms with E-state index in [-0.39, 0.29) is 0 Å². The van der Waals surface area contributed by atoms with Crippen LogP contribution in [0, 0.1) is 5.92 Å². The summed E-state index contributed by atoms with van der Waals surface area (Å²) >= 11 is 5.94. The van der Waals surface area contributed by atoms with Gasteiger partial charge in [-0.1, -0.05) is 69.0 Å². The minimum Gasteiger partial charge on any atom is -0.300 e. The first-order valence-electron chi connectivity index (χ1n) is 8.67. The van der Waals surface area contributed by atoms with Gasteiger partial charge in [-0.25, -0.2) is 0 Å². The molecule has 0 aromatic carbocycles. The van der Waals surface area contributed by atoms with E-state index in [1.165, 1.54) is 45.1 Å². The van der Waals surface area contributed by atoms with Gasteiger partial charge >= 0.3 is 0 Å². The molecule has 1 unspecified atom stereocenters. The molecule has 0 aliphatic heterocycles. The van der Waals surface area contributed by atoms with E-state index in [1.54, 1.807) is 0 Å². The number of halogens is 1. The van der Waals surface area contributed by atoms with E-state index in [0.29, 0.717) is 5.92 Å². The van der Waals surface area contributed by atoms with Crippen LogP contribution in [0.3, 0.4) is 0 Å². The first-order valence-corrected chi connectivity index (χ1v) is 9.05. The highest BCUT2D eigenvalue weighted by molar-refractivity contribution is 6.31. The molecule has 120 valence electrons. The maximum atomic E-state index is 5.94. The van der Waals surface area contributed by atoms with Gasteiger partial charge < -0.3 is 0 Å². The molecule has 1 aliphatic carbocycles. The third kappa shape index (κ3) is 9.16. The standard InChI is InChI=1S/C19H32ClN/c1-3-5-6-7-9-16-21(4-2)17-10-8-11-18-12-14-19(20)15-13-18/h7,9,12,14-15,18H,3-6,8,10-11,13,16-17H2,1-2H3/b9-7+. The summed E-state index contributed by atoms with van der Waals surface area (Å²) < 4.78 is 0. The van der Waals surface area contributed by atoms with Crippen molar-refractivity contribution in [2.75, 3.05) is 19.6 Å². The Hall–Kier alpha value is -0.530. The fourth-order valence-corrected chi connectivity index (χ4v) is 2.80. The van der Waals surface area contributed by atoms with E-state index in [1.807, 2.05) is 0 Å². The van der Waals surface area contributed by atoms with Crippen LogP contribution in [0.15, 0.2) is 35.4 Å². The van der Waals surface area contributed by atoms with E-state index in [4.69, 9.17) is 11.6 Å². The zero-order chi connectivity index (χ0) is 15.3. The van der Waals surface area contributed by atoms with Crippen LogP contribution in [0.25, 0.3) is 0 Å². The maximum Gasteiger partial charge on any atom is 0.0363 e. The molecule has 0 amide bonds. The molecule has 1 atom stereocenters. The van der Waals surface area contributed by atoms with E-state index < -0.39 is 0 Å². The van der Waals surface area contributed by atoms with Crippen molar-refractivity contribution in [2.24, 2.45) is 5.92 Å². The quantitative estimate of drug-likeness (QED) is 0.338. The molecule has 0 fully saturated rings. The Morgan fingerprint density at radius 1 is 1.24 bits per heavy atom. The minimum atomic E-state index is 0.705. The van der Waals surface area contributed by atoms with Gasteiger partial charge in [0, 0.05) is 11.6 Å². The highest BCUT2D eigenvalue weighted by Crippen LogP contribution is 2.23. The lowest BCUT2D eigenvalue weighted by atomic mass is 9.95. The summed E-state index contributed by atoms with van der Waals surface area (Å²) in [6, 6.07) is 0. The maximum absolute atomic E-state index is 5.94. The summed E-state index contributed by atoms with van der Waals surface area (Å²) in [6.45, 7) is 8.00. The summed E-state index contributed by atoms with van der Waals surface area (Å²) in [6.07, 6.45) is 20.0. The van der Waals surface area contributed by atoms with E-state index in [2.05, 4.69) is 49.1 Å². The van der Waals surface area contributed by atoms with Crippen molar-refractivity contribution in [1.82, 2.24) is 4.90 Å².